The van der Waals surface area contributed by atoms with E-state index in [1.165, 1.54) is 25.7 Å². The van der Waals surface area contributed by atoms with Gasteiger partial charge in [0.25, 0.3) is 0 Å². The molecule has 0 aliphatic heterocycles. The molecule has 2 aromatic carbocycles. The highest BCUT2D eigenvalue weighted by molar-refractivity contribution is 5.94. The highest BCUT2D eigenvalue weighted by Crippen LogP contribution is 2.35. The molecule has 2 N–H and O–H groups in total. The number of aliphatic hydroxyl groups excluding tert-OH is 2. The smallest absolute Gasteiger partial charge is 0.130 e. The first-order chi connectivity index (χ1) is 15.1. The van der Waals surface area contributed by atoms with Crippen LogP contribution in [0, 0.1) is 6.92 Å². The molecule has 2 unspecified atom stereocenters. The summed E-state index contributed by atoms with van der Waals surface area (Å²) in [5, 5.41) is 22.5. The number of benzene rings is 2. The standard InChI is InChI=1S/C27H42O4/c1-4-6-8-10-13-22(28)19-30-26-16-12-15-25-24(26)18-17-21(3)27(25)31-20-23(29)14-11-9-7-5-2/h12,15-18,22-23,28-29H,4-11,13-14,19-20H2,1-3H3. The van der Waals surface area contributed by atoms with Gasteiger partial charge in [-0.1, -0.05) is 89.5 Å². The van der Waals surface area contributed by atoms with E-state index in [-0.39, 0.29) is 0 Å². The van der Waals surface area contributed by atoms with Gasteiger partial charge in [-0.25, -0.2) is 0 Å². The quantitative estimate of drug-likeness (QED) is 0.296. The Kier molecular flexibility index (Phi) is 11.8. The van der Waals surface area contributed by atoms with Crippen molar-refractivity contribution >= 4 is 10.8 Å². The van der Waals surface area contributed by atoms with Crippen molar-refractivity contribution in [2.75, 3.05) is 13.2 Å². The van der Waals surface area contributed by atoms with E-state index in [9.17, 15) is 10.2 Å². The first kappa shape index (κ1) is 25.5. The van der Waals surface area contributed by atoms with Crippen molar-refractivity contribution in [2.24, 2.45) is 0 Å². The highest BCUT2D eigenvalue weighted by atomic mass is 16.5. The molecule has 0 aromatic heterocycles. The molecule has 31 heavy (non-hydrogen) atoms. The van der Waals surface area contributed by atoms with Gasteiger partial charge in [0.15, 0.2) is 0 Å². The van der Waals surface area contributed by atoms with Crippen LogP contribution >= 0.6 is 0 Å². The summed E-state index contributed by atoms with van der Waals surface area (Å²) in [5.74, 6) is 1.56. The van der Waals surface area contributed by atoms with Crippen molar-refractivity contribution < 1.29 is 19.7 Å². The second-order valence-corrected chi connectivity index (χ2v) is 8.69. The Labute approximate surface area is 188 Å². The third-order valence-corrected chi connectivity index (χ3v) is 5.80. The lowest BCUT2D eigenvalue weighted by atomic mass is 10.0. The van der Waals surface area contributed by atoms with E-state index in [2.05, 4.69) is 13.8 Å². The third-order valence-electron chi connectivity index (χ3n) is 5.80. The fourth-order valence-corrected chi connectivity index (χ4v) is 3.87. The number of ether oxygens (including phenoxy) is 2. The molecule has 174 valence electrons. The molecule has 0 bridgehead atoms. The summed E-state index contributed by atoms with van der Waals surface area (Å²) in [7, 11) is 0. The first-order valence-corrected chi connectivity index (χ1v) is 12.2. The van der Waals surface area contributed by atoms with Crippen LogP contribution in [-0.4, -0.2) is 35.6 Å². The topological polar surface area (TPSA) is 58.9 Å². The summed E-state index contributed by atoms with van der Waals surface area (Å²) in [5.41, 5.74) is 1.04. The minimum absolute atomic E-state index is 0.297. The predicted molar refractivity (Wildman–Crippen MR) is 129 cm³/mol. The van der Waals surface area contributed by atoms with Gasteiger partial charge < -0.3 is 19.7 Å². The van der Waals surface area contributed by atoms with Gasteiger partial charge >= 0.3 is 0 Å². The lowest BCUT2D eigenvalue weighted by Gasteiger charge is -2.18. The third kappa shape index (κ3) is 8.70. The van der Waals surface area contributed by atoms with Gasteiger partial charge in [-0.15, -0.1) is 0 Å². The number of unbranched alkanes of at least 4 members (excludes halogenated alkanes) is 6. The van der Waals surface area contributed by atoms with Crippen LogP contribution in [0.4, 0.5) is 0 Å². The molecule has 0 aliphatic rings. The van der Waals surface area contributed by atoms with Gasteiger partial charge in [0.05, 0.1) is 12.2 Å². The Bertz CT molecular complexity index is 758. The lowest BCUT2D eigenvalue weighted by molar-refractivity contribution is 0.0973. The summed E-state index contributed by atoms with van der Waals surface area (Å²) in [6.45, 7) is 7.00. The van der Waals surface area contributed by atoms with Crippen LogP contribution in [-0.2, 0) is 0 Å². The van der Waals surface area contributed by atoms with Crippen molar-refractivity contribution in [3.8, 4) is 11.5 Å². The van der Waals surface area contributed by atoms with E-state index in [4.69, 9.17) is 9.47 Å². The monoisotopic (exact) mass is 430 g/mol. The van der Waals surface area contributed by atoms with Crippen molar-refractivity contribution in [3.05, 3.63) is 35.9 Å². The van der Waals surface area contributed by atoms with Gasteiger partial charge in [0.2, 0.25) is 0 Å². The highest BCUT2D eigenvalue weighted by Gasteiger charge is 2.13. The molecule has 0 amide bonds. The van der Waals surface area contributed by atoms with Crippen molar-refractivity contribution in [2.45, 2.75) is 97.2 Å². The number of aryl methyl sites for hydroxylation is 1. The maximum atomic E-state index is 10.3. The Balaban J connectivity index is 1.98. The number of aliphatic hydroxyl groups is 2. The molecule has 0 radical (unpaired) electrons. The van der Waals surface area contributed by atoms with Crippen molar-refractivity contribution in [1.29, 1.82) is 0 Å². The summed E-state index contributed by atoms with van der Waals surface area (Å²) in [6.07, 6.45) is 9.85. The predicted octanol–water partition coefficient (Wildman–Crippen LogP) is 6.57. The van der Waals surface area contributed by atoms with E-state index in [0.717, 1.165) is 66.4 Å². The average molecular weight is 431 g/mol. The maximum absolute atomic E-state index is 10.3. The van der Waals surface area contributed by atoms with E-state index in [0.29, 0.717) is 13.2 Å². The van der Waals surface area contributed by atoms with Crippen LogP contribution in [0.25, 0.3) is 10.8 Å². The molecule has 0 spiro atoms. The molecule has 2 aromatic rings. The van der Waals surface area contributed by atoms with Crippen LogP contribution in [0.3, 0.4) is 0 Å². The summed E-state index contributed by atoms with van der Waals surface area (Å²) >= 11 is 0. The molecule has 4 nitrogen and oxygen atoms in total. The molecule has 4 heteroatoms. The Morgan fingerprint density at radius 3 is 1.94 bits per heavy atom. The summed E-state index contributed by atoms with van der Waals surface area (Å²) in [6, 6.07) is 9.99. The number of rotatable bonds is 16. The summed E-state index contributed by atoms with van der Waals surface area (Å²) in [4.78, 5) is 0. The maximum Gasteiger partial charge on any atom is 0.130 e. The molecular weight excluding hydrogens is 388 g/mol. The number of hydrogen-bond donors (Lipinski definition) is 2. The van der Waals surface area contributed by atoms with Crippen molar-refractivity contribution in [3.63, 3.8) is 0 Å². The SMILES string of the molecule is CCCCCCC(O)COc1cccc2c(OCC(O)CCCCCC)c(C)ccc12. The normalized spacial score (nSPS) is 13.3. The minimum Gasteiger partial charge on any atom is -0.490 e. The van der Waals surface area contributed by atoms with Gasteiger partial charge in [-0.3, -0.25) is 0 Å². The zero-order valence-electron chi connectivity index (χ0n) is 19.7. The fraction of sp³-hybridized carbons (Fsp3) is 0.630. The Morgan fingerprint density at radius 1 is 0.710 bits per heavy atom. The second-order valence-electron chi connectivity index (χ2n) is 8.69. The molecule has 2 rings (SSSR count). The molecule has 2 atom stereocenters. The summed E-state index contributed by atoms with van der Waals surface area (Å²) < 4.78 is 12.1. The first-order valence-electron chi connectivity index (χ1n) is 12.2. The van der Waals surface area contributed by atoms with Crippen LogP contribution in [0.2, 0.25) is 0 Å². The van der Waals surface area contributed by atoms with Crippen LogP contribution < -0.4 is 9.47 Å². The van der Waals surface area contributed by atoms with E-state index in [1.54, 1.807) is 0 Å². The number of hydrogen-bond acceptors (Lipinski definition) is 4. The lowest BCUT2D eigenvalue weighted by Crippen LogP contribution is -2.18. The molecular formula is C27H42O4. The second kappa shape index (κ2) is 14.3. The number of fused-ring (bicyclic) bond motifs is 1. The van der Waals surface area contributed by atoms with E-state index < -0.39 is 12.2 Å². The zero-order chi connectivity index (χ0) is 22.5. The molecule has 0 saturated carbocycles. The minimum atomic E-state index is -0.450. The van der Waals surface area contributed by atoms with Crippen LogP contribution in [0.1, 0.15) is 83.6 Å². The molecule has 0 heterocycles. The Hall–Kier alpha value is -1.78. The van der Waals surface area contributed by atoms with Crippen LogP contribution in [0.5, 0.6) is 11.5 Å². The van der Waals surface area contributed by atoms with Gasteiger partial charge in [0, 0.05) is 10.8 Å². The van der Waals surface area contributed by atoms with Gasteiger partial charge in [0.1, 0.15) is 24.7 Å². The zero-order valence-corrected chi connectivity index (χ0v) is 19.7. The van der Waals surface area contributed by atoms with Crippen LogP contribution in [0.15, 0.2) is 30.3 Å². The van der Waals surface area contributed by atoms with E-state index in [1.807, 2.05) is 37.3 Å². The molecule has 0 fully saturated rings. The van der Waals surface area contributed by atoms with Crippen molar-refractivity contribution in [1.82, 2.24) is 0 Å². The van der Waals surface area contributed by atoms with Gasteiger partial charge in [-0.2, -0.15) is 0 Å². The largest absolute Gasteiger partial charge is 0.490 e. The average Bonchev–Trinajstić information content (AvgIpc) is 2.77. The van der Waals surface area contributed by atoms with E-state index >= 15 is 0 Å². The Morgan fingerprint density at radius 2 is 1.32 bits per heavy atom. The molecule has 0 aliphatic carbocycles. The molecule has 0 saturated heterocycles. The fourth-order valence-electron chi connectivity index (χ4n) is 3.87. The van der Waals surface area contributed by atoms with Gasteiger partial charge in [-0.05, 0) is 31.4 Å².